The molecule has 1 aromatic rings. The Morgan fingerprint density at radius 1 is 1.10 bits per heavy atom. The number of benzene rings is 1. The summed E-state index contributed by atoms with van der Waals surface area (Å²) in [6.07, 6.45) is 5.36. The van der Waals surface area contributed by atoms with Crippen LogP contribution in [0.25, 0.3) is 0 Å². The molecule has 0 radical (unpaired) electrons. The number of anilines is 1. The van der Waals surface area contributed by atoms with E-state index in [4.69, 9.17) is 4.74 Å². The van der Waals surface area contributed by atoms with Crippen molar-refractivity contribution in [1.29, 1.82) is 0 Å². The summed E-state index contributed by atoms with van der Waals surface area (Å²) in [6.45, 7) is 6.85. The van der Waals surface area contributed by atoms with E-state index in [-0.39, 0.29) is 0 Å². The van der Waals surface area contributed by atoms with Crippen molar-refractivity contribution in [1.82, 2.24) is 5.32 Å². The molecule has 3 nitrogen and oxygen atoms in total. The molecule has 0 unspecified atom stereocenters. The molecule has 1 N–H and O–H groups in total. The van der Waals surface area contributed by atoms with Crippen LogP contribution in [0.5, 0.6) is 5.75 Å². The molecule has 2 fully saturated rings. The summed E-state index contributed by atoms with van der Waals surface area (Å²) >= 11 is 0. The molecule has 2 heterocycles. The minimum absolute atomic E-state index is 0.611. The van der Waals surface area contributed by atoms with Crippen LogP contribution >= 0.6 is 0 Å². The molecular formula is C17H26N2O. The maximum absolute atomic E-state index is 5.56. The van der Waals surface area contributed by atoms with E-state index in [0.717, 1.165) is 5.75 Å². The van der Waals surface area contributed by atoms with Gasteiger partial charge < -0.3 is 15.0 Å². The molecule has 0 aromatic heterocycles. The number of hydrogen-bond donors (Lipinski definition) is 1. The lowest BCUT2D eigenvalue weighted by molar-refractivity contribution is 0.154. The smallest absolute Gasteiger partial charge is 0.142 e. The monoisotopic (exact) mass is 274 g/mol. The van der Waals surface area contributed by atoms with Crippen molar-refractivity contribution in [2.24, 2.45) is 5.41 Å². The van der Waals surface area contributed by atoms with Gasteiger partial charge in [-0.1, -0.05) is 6.07 Å². The SMILES string of the molecule is COc1cc(C)ccc1N1CCC2(CCNCC2)CC1. The third-order valence-electron chi connectivity index (χ3n) is 5.16. The number of ether oxygens (including phenoxy) is 1. The highest BCUT2D eigenvalue weighted by Crippen LogP contribution is 2.42. The standard InChI is InChI=1S/C17H26N2O/c1-14-3-4-15(16(13-14)20-2)19-11-7-17(8-12-19)5-9-18-10-6-17/h3-4,13,18H,5-12H2,1-2H3. The molecule has 3 rings (SSSR count). The van der Waals surface area contributed by atoms with E-state index in [1.807, 2.05) is 0 Å². The maximum atomic E-state index is 5.56. The highest BCUT2D eigenvalue weighted by Gasteiger charge is 2.35. The van der Waals surface area contributed by atoms with Gasteiger partial charge in [-0.3, -0.25) is 0 Å². The molecule has 0 amide bonds. The second kappa shape index (κ2) is 5.65. The topological polar surface area (TPSA) is 24.5 Å². The lowest BCUT2D eigenvalue weighted by atomic mass is 9.71. The van der Waals surface area contributed by atoms with Gasteiger partial charge in [0.2, 0.25) is 0 Å². The van der Waals surface area contributed by atoms with Crippen LogP contribution in [0, 0.1) is 12.3 Å². The highest BCUT2D eigenvalue weighted by atomic mass is 16.5. The summed E-state index contributed by atoms with van der Waals surface area (Å²) in [4.78, 5) is 2.51. The third kappa shape index (κ3) is 2.64. The number of methoxy groups -OCH3 is 1. The number of nitrogens with zero attached hydrogens (tertiary/aromatic N) is 1. The Morgan fingerprint density at radius 2 is 1.80 bits per heavy atom. The van der Waals surface area contributed by atoms with E-state index in [1.54, 1.807) is 7.11 Å². The van der Waals surface area contributed by atoms with Gasteiger partial charge in [0.25, 0.3) is 0 Å². The Morgan fingerprint density at radius 3 is 2.45 bits per heavy atom. The van der Waals surface area contributed by atoms with Crippen LogP contribution in [0.3, 0.4) is 0 Å². The van der Waals surface area contributed by atoms with E-state index in [1.165, 1.54) is 63.1 Å². The van der Waals surface area contributed by atoms with Crippen molar-refractivity contribution >= 4 is 5.69 Å². The van der Waals surface area contributed by atoms with Gasteiger partial charge >= 0.3 is 0 Å². The first-order chi connectivity index (χ1) is 9.72. The van der Waals surface area contributed by atoms with E-state index in [9.17, 15) is 0 Å². The zero-order valence-electron chi connectivity index (χ0n) is 12.7. The maximum Gasteiger partial charge on any atom is 0.142 e. The number of aryl methyl sites for hydroxylation is 1. The van der Waals surface area contributed by atoms with Crippen LogP contribution in [0.15, 0.2) is 18.2 Å². The Labute approximate surface area is 122 Å². The van der Waals surface area contributed by atoms with Gasteiger partial charge in [0, 0.05) is 13.1 Å². The Hall–Kier alpha value is -1.22. The van der Waals surface area contributed by atoms with Crippen LogP contribution in [0.1, 0.15) is 31.2 Å². The van der Waals surface area contributed by atoms with Crippen LogP contribution in [0.2, 0.25) is 0 Å². The van der Waals surface area contributed by atoms with Gasteiger partial charge in [-0.15, -0.1) is 0 Å². The molecule has 0 bridgehead atoms. The van der Waals surface area contributed by atoms with Gasteiger partial charge in [-0.2, -0.15) is 0 Å². The van der Waals surface area contributed by atoms with Crippen molar-refractivity contribution in [2.45, 2.75) is 32.6 Å². The lowest BCUT2D eigenvalue weighted by Gasteiger charge is -2.45. The summed E-state index contributed by atoms with van der Waals surface area (Å²) in [5.41, 5.74) is 3.14. The van der Waals surface area contributed by atoms with Gasteiger partial charge in [-0.25, -0.2) is 0 Å². The first-order valence-corrected chi connectivity index (χ1v) is 7.83. The summed E-state index contributed by atoms with van der Waals surface area (Å²) < 4.78 is 5.56. The minimum Gasteiger partial charge on any atom is -0.495 e. The molecule has 0 saturated carbocycles. The van der Waals surface area contributed by atoms with Gasteiger partial charge in [0.15, 0.2) is 0 Å². The molecule has 1 aromatic carbocycles. The first-order valence-electron chi connectivity index (χ1n) is 7.83. The lowest BCUT2D eigenvalue weighted by Crippen LogP contribution is -2.45. The van der Waals surface area contributed by atoms with Gasteiger partial charge in [-0.05, 0) is 68.8 Å². The molecule has 2 aliphatic heterocycles. The predicted molar refractivity (Wildman–Crippen MR) is 83.7 cm³/mol. The molecule has 20 heavy (non-hydrogen) atoms. The normalized spacial score (nSPS) is 22.0. The highest BCUT2D eigenvalue weighted by molar-refractivity contribution is 5.60. The average molecular weight is 274 g/mol. The molecule has 2 aliphatic rings. The fraction of sp³-hybridized carbons (Fsp3) is 0.647. The first kappa shape index (κ1) is 13.7. The largest absolute Gasteiger partial charge is 0.495 e. The molecule has 110 valence electrons. The van der Waals surface area contributed by atoms with Crippen molar-refractivity contribution < 1.29 is 4.74 Å². The Balaban J connectivity index is 1.71. The van der Waals surface area contributed by atoms with Crippen LogP contribution in [0.4, 0.5) is 5.69 Å². The minimum atomic E-state index is 0.611. The zero-order chi connectivity index (χ0) is 14.0. The van der Waals surface area contributed by atoms with E-state index >= 15 is 0 Å². The third-order valence-corrected chi connectivity index (χ3v) is 5.16. The fourth-order valence-electron chi connectivity index (χ4n) is 3.73. The second-order valence-electron chi connectivity index (χ2n) is 6.41. The molecule has 0 atom stereocenters. The van der Waals surface area contributed by atoms with Gasteiger partial charge in [0.05, 0.1) is 12.8 Å². The van der Waals surface area contributed by atoms with Gasteiger partial charge in [0.1, 0.15) is 5.75 Å². The van der Waals surface area contributed by atoms with E-state index < -0.39 is 0 Å². The Bertz CT molecular complexity index is 456. The van der Waals surface area contributed by atoms with Crippen molar-refractivity contribution in [3.05, 3.63) is 23.8 Å². The summed E-state index contributed by atoms with van der Waals surface area (Å²) in [5, 5.41) is 3.49. The van der Waals surface area contributed by atoms with Crippen LogP contribution < -0.4 is 15.0 Å². The molecule has 2 saturated heterocycles. The second-order valence-corrected chi connectivity index (χ2v) is 6.41. The van der Waals surface area contributed by atoms with E-state index in [0.29, 0.717) is 5.41 Å². The van der Waals surface area contributed by atoms with Crippen molar-refractivity contribution in [2.75, 3.05) is 38.2 Å². The Kier molecular flexibility index (Phi) is 3.88. The quantitative estimate of drug-likeness (QED) is 0.897. The zero-order valence-corrected chi connectivity index (χ0v) is 12.7. The van der Waals surface area contributed by atoms with E-state index in [2.05, 4.69) is 35.3 Å². The summed E-state index contributed by atoms with van der Waals surface area (Å²) in [5.74, 6) is 1.02. The van der Waals surface area contributed by atoms with Crippen molar-refractivity contribution in [3.63, 3.8) is 0 Å². The van der Waals surface area contributed by atoms with Crippen LogP contribution in [-0.2, 0) is 0 Å². The molecular weight excluding hydrogens is 248 g/mol. The molecule has 0 aliphatic carbocycles. The summed E-state index contributed by atoms with van der Waals surface area (Å²) in [7, 11) is 1.77. The number of piperidine rings is 2. The van der Waals surface area contributed by atoms with Crippen molar-refractivity contribution in [3.8, 4) is 5.75 Å². The average Bonchev–Trinajstić information content (AvgIpc) is 2.49. The fourth-order valence-corrected chi connectivity index (χ4v) is 3.73. The molecule has 1 spiro atoms. The summed E-state index contributed by atoms with van der Waals surface area (Å²) in [6, 6.07) is 6.55. The number of hydrogen-bond acceptors (Lipinski definition) is 3. The number of nitrogens with one attached hydrogen (secondary N) is 1. The van der Waals surface area contributed by atoms with Crippen LogP contribution in [-0.4, -0.2) is 33.3 Å². The predicted octanol–water partition coefficient (Wildman–Crippen LogP) is 2.97. The molecule has 3 heteroatoms. The number of rotatable bonds is 2.